The Morgan fingerprint density at radius 1 is 0.903 bits per heavy atom. The molecule has 0 spiro atoms. The average molecular weight is 500 g/mol. The van der Waals surface area contributed by atoms with E-state index < -0.39 is 4.92 Å². The highest BCUT2D eigenvalue weighted by Gasteiger charge is 2.15. The summed E-state index contributed by atoms with van der Waals surface area (Å²) < 4.78 is 0.939. The van der Waals surface area contributed by atoms with Gasteiger partial charge < -0.3 is 10.6 Å². The standard InChI is InChI=1S/C22H18BrN3O4S/c1-14(21(27)24-17-6-4-16(23)5-7-17)31-20-12-8-18(9-13-20)25-22(28)15-2-10-19(11-3-15)26(29)30/h2-14H,1H3,(H,24,27)(H,25,28). The molecule has 0 bridgehead atoms. The summed E-state index contributed by atoms with van der Waals surface area (Å²) in [6, 6.07) is 19.9. The Balaban J connectivity index is 1.55. The first-order valence-corrected chi connectivity index (χ1v) is 10.9. The molecule has 31 heavy (non-hydrogen) atoms. The van der Waals surface area contributed by atoms with E-state index in [4.69, 9.17) is 0 Å². The van der Waals surface area contributed by atoms with Crippen LogP contribution in [0.5, 0.6) is 0 Å². The second kappa shape index (κ2) is 10.2. The number of carbonyl (C=O) groups is 2. The fraction of sp³-hybridized carbons (Fsp3) is 0.0909. The van der Waals surface area contributed by atoms with Crippen LogP contribution in [0.3, 0.4) is 0 Å². The number of non-ortho nitro benzene ring substituents is 1. The van der Waals surface area contributed by atoms with E-state index >= 15 is 0 Å². The number of benzene rings is 3. The van der Waals surface area contributed by atoms with Gasteiger partial charge in [0.25, 0.3) is 11.6 Å². The molecule has 9 heteroatoms. The van der Waals surface area contributed by atoms with Crippen LogP contribution in [-0.2, 0) is 4.79 Å². The lowest BCUT2D eigenvalue weighted by atomic mass is 10.2. The van der Waals surface area contributed by atoms with Gasteiger partial charge >= 0.3 is 0 Å². The molecule has 3 rings (SSSR count). The van der Waals surface area contributed by atoms with Gasteiger partial charge in [-0.1, -0.05) is 15.9 Å². The largest absolute Gasteiger partial charge is 0.325 e. The summed E-state index contributed by atoms with van der Waals surface area (Å²) in [7, 11) is 0. The molecule has 7 nitrogen and oxygen atoms in total. The highest BCUT2D eigenvalue weighted by molar-refractivity contribution is 9.10. The van der Waals surface area contributed by atoms with E-state index in [1.807, 2.05) is 43.3 Å². The van der Waals surface area contributed by atoms with E-state index in [1.54, 1.807) is 12.1 Å². The van der Waals surface area contributed by atoms with Crippen LogP contribution in [0.25, 0.3) is 0 Å². The lowest BCUT2D eigenvalue weighted by Crippen LogP contribution is -2.22. The number of nitro benzene ring substituents is 1. The van der Waals surface area contributed by atoms with Gasteiger partial charge in [0, 0.05) is 38.4 Å². The minimum Gasteiger partial charge on any atom is -0.325 e. The molecule has 0 aliphatic carbocycles. The molecule has 0 fully saturated rings. The van der Waals surface area contributed by atoms with Crippen LogP contribution in [-0.4, -0.2) is 22.0 Å². The Morgan fingerprint density at radius 2 is 1.45 bits per heavy atom. The van der Waals surface area contributed by atoms with Crippen molar-refractivity contribution in [2.45, 2.75) is 17.1 Å². The second-order valence-corrected chi connectivity index (χ2v) is 8.87. The summed E-state index contributed by atoms with van der Waals surface area (Å²) in [6.45, 7) is 1.82. The fourth-order valence-corrected chi connectivity index (χ4v) is 3.72. The molecular formula is C22H18BrN3O4S. The van der Waals surface area contributed by atoms with Crippen LogP contribution in [0, 0.1) is 10.1 Å². The molecule has 1 unspecified atom stereocenters. The zero-order chi connectivity index (χ0) is 22.4. The Labute approximate surface area is 191 Å². The Kier molecular flexibility index (Phi) is 7.43. The zero-order valence-corrected chi connectivity index (χ0v) is 18.8. The highest BCUT2D eigenvalue weighted by atomic mass is 79.9. The number of nitrogens with one attached hydrogen (secondary N) is 2. The number of nitrogens with zero attached hydrogens (tertiary/aromatic N) is 1. The fourth-order valence-electron chi connectivity index (χ4n) is 2.59. The number of rotatable bonds is 7. The SMILES string of the molecule is CC(Sc1ccc(NC(=O)c2ccc([N+](=O)[O-])cc2)cc1)C(=O)Nc1ccc(Br)cc1. The van der Waals surface area contributed by atoms with Crippen molar-refractivity contribution in [2.24, 2.45) is 0 Å². The molecule has 0 aromatic heterocycles. The first kappa shape index (κ1) is 22.5. The molecule has 0 aliphatic heterocycles. The smallest absolute Gasteiger partial charge is 0.269 e. The lowest BCUT2D eigenvalue weighted by molar-refractivity contribution is -0.384. The summed E-state index contributed by atoms with van der Waals surface area (Å²) in [5.74, 6) is -0.472. The molecule has 3 aromatic rings. The normalized spacial score (nSPS) is 11.4. The number of hydrogen-bond donors (Lipinski definition) is 2. The van der Waals surface area contributed by atoms with Crippen molar-refractivity contribution in [1.82, 2.24) is 0 Å². The van der Waals surface area contributed by atoms with Crippen molar-refractivity contribution >= 4 is 56.6 Å². The van der Waals surface area contributed by atoms with E-state index in [9.17, 15) is 19.7 Å². The Morgan fingerprint density at radius 3 is 2.03 bits per heavy atom. The van der Waals surface area contributed by atoms with Crippen molar-refractivity contribution in [2.75, 3.05) is 10.6 Å². The molecule has 1 atom stereocenters. The van der Waals surface area contributed by atoms with E-state index in [0.29, 0.717) is 11.3 Å². The van der Waals surface area contributed by atoms with Crippen LogP contribution in [0.15, 0.2) is 82.2 Å². The molecule has 0 heterocycles. The maximum absolute atomic E-state index is 12.4. The van der Waals surface area contributed by atoms with Crippen molar-refractivity contribution in [3.8, 4) is 0 Å². The van der Waals surface area contributed by atoms with Crippen LogP contribution in [0.1, 0.15) is 17.3 Å². The van der Waals surface area contributed by atoms with Crippen LogP contribution >= 0.6 is 27.7 Å². The first-order valence-electron chi connectivity index (χ1n) is 9.21. The molecular weight excluding hydrogens is 482 g/mol. The van der Waals surface area contributed by atoms with Crippen molar-refractivity contribution < 1.29 is 14.5 Å². The predicted octanol–water partition coefficient (Wildman–Crippen LogP) is 5.73. The minimum absolute atomic E-state index is 0.0729. The Hall–Kier alpha value is -3.17. The maximum atomic E-state index is 12.4. The van der Waals surface area contributed by atoms with Gasteiger partial charge in [-0.25, -0.2) is 0 Å². The number of anilines is 2. The van der Waals surface area contributed by atoms with E-state index in [2.05, 4.69) is 26.6 Å². The number of thioether (sulfide) groups is 1. The van der Waals surface area contributed by atoms with E-state index in [1.165, 1.54) is 36.0 Å². The molecule has 3 aromatic carbocycles. The van der Waals surface area contributed by atoms with Crippen LogP contribution in [0.4, 0.5) is 17.1 Å². The Bertz CT molecular complexity index is 1090. The number of hydrogen-bond acceptors (Lipinski definition) is 5. The van der Waals surface area contributed by atoms with Crippen LogP contribution < -0.4 is 10.6 Å². The first-order chi connectivity index (χ1) is 14.8. The van der Waals surface area contributed by atoms with Gasteiger partial charge in [-0.2, -0.15) is 0 Å². The summed E-state index contributed by atoms with van der Waals surface area (Å²) >= 11 is 4.76. The number of amides is 2. The molecule has 0 saturated heterocycles. The van der Waals surface area contributed by atoms with Crippen molar-refractivity contribution in [1.29, 1.82) is 0 Å². The summed E-state index contributed by atoms with van der Waals surface area (Å²) in [6.07, 6.45) is 0. The number of nitro groups is 1. The van der Waals surface area contributed by atoms with Gasteiger partial charge in [-0.15, -0.1) is 11.8 Å². The molecule has 0 radical (unpaired) electrons. The third kappa shape index (κ3) is 6.40. The molecule has 2 amide bonds. The number of carbonyl (C=O) groups excluding carboxylic acids is 2. The zero-order valence-electron chi connectivity index (χ0n) is 16.4. The van der Waals surface area contributed by atoms with E-state index in [-0.39, 0.29) is 22.8 Å². The predicted molar refractivity (Wildman–Crippen MR) is 126 cm³/mol. The number of halogens is 1. The van der Waals surface area contributed by atoms with Crippen LogP contribution in [0.2, 0.25) is 0 Å². The topological polar surface area (TPSA) is 101 Å². The monoisotopic (exact) mass is 499 g/mol. The lowest BCUT2D eigenvalue weighted by Gasteiger charge is -2.13. The minimum atomic E-state index is -0.516. The van der Waals surface area contributed by atoms with E-state index in [0.717, 1.165) is 15.1 Å². The van der Waals surface area contributed by atoms with Gasteiger partial charge in [-0.05, 0) is 67.6 Å². The summed E-state index contributed by atoms with van der Waals surface area (Å²) in [4.78, 5) is 35.8. The third-order valence-corrected chi connectivity index (χ3v) is 5.89. The molecule has 0 saturated carbocycles. The molecule has 0 aliphatic rings. The quantitative estimate of drug-likeness (QED) is 0.245. The molecule has 2 N–H and O–H groups in total. The highest BCUT2D eigenvalue weighted by Crippen LogP contribution is 2.26. The summed E-state index contributed by atoms with van der Waals surface area (Å²) in [5.41, 5.74) is 1.56. The van der Waals surface area contributed by atoms with Crippen molar-refractivity contribution in [3.05, 3.63) is 92.9 Å². The molecule has 158 valence electrons. The van der Waals surface area contributed by atoms with Gasteiger partial charge in [-0.3, -0.25) is 19.7 Å². The van der Waals surface area contributed by atoms with Gasteiger partial charge in [0.05, 0.1) is 10.2 Å². The second-order valence-electron chi connectivity index (χ2n) is 6.54. The van der Waals surface area contributed by atoms with Gasteiger partial charge in [0.15, 0.2) is 0 Å². The average Bonchev–Trinajstić information content (AvgIpc) is 2.76. The third-order valence-electron chi connectivity index (χ3n) is 4.25. The maximum Gasteiger partial charge on any atom is 0.269 e. The van der Waals surface area contributed by atoms with Gasteiger partial charge in [0.1, 0.15) is 0 Å². The van der Waals surface area contributed by atoms with Gasteiger partial charge in [0.2, 0.25) is 5.91 Å². The summed E-state index contributed by atoms with van der Waals surface area (Å²) in [5, 5.41) is 16.0. The van der Waals surface area contributed by atoms with Crippen molar-refractivity contribution in [3.63, 3.8) is 0 Å².